The Kier molecular flexibility index (Phi) is 5.35. The Morgan fingerprint density at radius 1 is 1.09 bits per heavy atom. The third kappa shape index (κ3) is 3.62. The van der Waals surface area contributed by atoms with Crippen molar-refractivity contribution in [2.75, 3.05) is 13.7 Å². The van der Waals surface area contributed by atoms with E-state index >= 15 is 0 Å². The molecular weight excluding hydrogens is 400 g/mol. The number of hydrogen-bond donors (Lipinski definition) is 0. The number of carbonyl (C=O) groups is 1. The lowest BCUT2D eigenvalue weighted by molar-refractivity contribution is 0.119. The smallest absolute Gasteiger partial charge is 0.409 e. The number of aromatic nitrogens is 3. The number of hydrogen-bond acceptors (Lipinski definition) is 4. The lowest BCUT2D eigenvalue weighted by Crippen LogP contribution is -2.35. The molecule has 3 heterocycles. The van der Waals surface area contributed by atoms with Crippen molar-refractivity contribution in [1.29, 1.82) is 0 Å². The van der Waals surface area contributed by atoms with Gasteiger partial charge in [-0.2, -0.15) is 0 Å². The monoisotopic (exact) mass is 426 g/mol. The lowest BCUT2D eigenvalue weighted by Gasteiger charge is -2.28. The van der Waals surface area contributed by atoms with Crippen LogP contribution < -0.4 is 0 Å². The van der Waals surface area contributed by atoms with E-state index in [0.717, 1.165) is 41.0 Å². The molecule has 0 unspecified atom stereocenters. The molecule has 6 heteroatoms. The van der Waals surface area contributed by atoms with Crippen LogP contribution >= 0.6 is 0 Å². The fourth-order valence-corrected chi connectivity index (χ4v) is 4.65. The molecule has 0 bridgehead atoms. The third-order valence-electron chi connectivity index (χ3n) is 6.21. The fraction of sp³-hybridized carbons (Fsp3) is 0.269. The van der Waals surface area contributed by atoms with Gasteiger partial charge in [-0.3, -0.25) is 4.98 Å². The molecule has 0 fully saturated rings. The molecule has 32 heavy (non-hydrogen) atoms. The second kappa shape index (κ2) is 8.46. The van der Waals surface area contributed by atoms with E-state index in [1.807, 2.05) is 24.3 Å². The second-order valence-corrected chi connectivity index (χ2v) is 8.27. The summed E-state index contributed by atoms with van der Waals surface area (Å²) in [6.07, 6.45) is 3.19. The first-order valence-electron chi connectivity index (χ1n) is 11.0. The summed E-state index contributed by atoms with van der Waals surface area (Å²) in [6, 6.07) is 20.9. The first-order chi connectivity index (χ1) is 15.7. The molecule has 1 atom stereocenters. The minimum Gasteiger partial charge on any atom is -0.453 e. The number of benzene rings is 2. The van der Waals surface area contributed by atoms with E-state index in [2.05, 4.69) is 52.9 Å². The van der Waals surface area contributed by atoms with Crippen LogP contribution in [0.15, 0.2) is 66.9 Å². The number of imidazole rings is 1. The minimum atomic E-state index is -0.297. The van der Waals surface area contributed by atoms with E-state index in [4.69, 9.17) is 9.72 Å². The predicted octanol–water partition coefficient (Wildman–Crippen LogP) is 5.03. The Balaban J connectivity index is 1.65. The van der Waals surface area contributed by atoms with Gasteiger partial charge in [-0.25, -0.2) is 9.78 Å². The van der Waals surface area contributed by atoms with E-state index in [1.165, 1.54) is 18.2 Å². The van der Waals surface area contributed by atoms with E-state index in [9.17, 15) is 4.79 Å². The molecule has 6 nitrogen and oxygen atoms in total. The highest BCUT2D eigenvalue weighted by atomic mass is 16.5. The average molecular weight is 427 g/mol. The number of ether oxygens (including phenoxy) is 1. The van der Waals surface area contributed by atoms with Gasteiger partial charge in [0.05, 0.1) is 24.7 Å². The summed E-state index contributed by atoms with van der Waals surface area (Å²) >= 11 is 0. The van der Waals surface area contributed by atoms with Crippen LogP contribution in [0.1, 0.15) is 29.7 Å². The van der Waals surface area contributed by atoms with Crippen LogP contribution in [0.2, 0.25) is 0 Å². The molecule has 1 amide bonds. The van der Waals surface area contributed by atoms with Gasteiger partial charge in [0.2, 0.25) is 0 Å². The first kappa shape index (κ1) is 20.2. The Bertz CT molecular complexity index is 1250. The number of rotatable bonds is 4. The number of amides is 1. The van der Waals surface area contributed by atoms with Gasteiger partial charge in [-0.15, -0.1) is 0 Å². The zero-order valence-electron chi connectivity index (χ0n) is 18.4. The molecule has 1 aliphatic rings. The van der Waals surface area contributed by atoms with Crippen molar-refractivity contribution >= 4 is 17.1 Å². The largest absolute Gasteiger partial charge is 0.453 e. The summed E-state index contributed by atoms with van der Waals surface area (Å²) in [5, 5.41) is 0. The topological polar surface area (TPSA) is 60.2 Å². The summed E-state index contributed by atoms with van der Waals surface area (Å²) in [7, 11) is 1.43. The number of pyridine rings is 1. The normalized spacial score (nSPS) is 14.2. The maximum atomic E-state index is 12.2. The number of fused-ring (bicyclic) bond motifs is 3. The minimum absolute atomic E-state index is 0.178. The quantitative estimate of drug-likeness (QED) is 0.459. The van der Waals surface area contributed by atoms with Crippen LogP contribution in [0.4, 0.5) is 4.79 Å². The first-order valence-corrected chi connectivity index (χ1v) is 11.0. The predicted molar refractivity (Wildman–Crippen MR) is 124 cm³/mol. The van der Waals surface area contributed by atoms with Crippen molar-refractivity contribution in [3.8, 4) is 11.5 Å². The standard InChI is InChI=1S/C26H26N4O2/c1-18(16-19-8-4-3-5-9-19)30-23-12-11-20-13-15-29(26(31)32-2)17-21(20)24(23)28-25(30)22-10-6-7-14-27-22/h3-12,14,18H,13,15-17H2,1-2H3/t18-/m0/s1. The number of methoxy groups -OCH3 is 1. The van der Waals surface area contributed by atoms with Crippen LogP contribution in [0.25, 0.3) is 22.6 Å². The van der Waals surface area contributed by atoms with Crippen LogP contribution in [0.3, 0.4) is 0 Å². The van der Waals surface area contributed by atoms with Crippen molar-refractivity contribution in [3.63, 3.8) is 0 Å². The molecule has 162 valence electrons. The summed E-state index contributed by atoms with van der Waals surface area (Å²) < 4.78 is 7.26. The van der Waals surface area contributed by atoms with Crippen molar-refractivity contribution < 1.29 is 9.53 Å². The molecule has 0 aliphatic carbocycles. The van der Waals surface area contributed by atoms with E-state index < -0.39 is 0 Å². The number of carbonyl (C=O) groups excluding carboxylic acids is 1. The van der Waals surface area contributed by atoms with Gasteiger partial charge in [0, 0.05) is 24.3 Å². The molecule has 0 spiro atoms. The Labute approximate surface area is 187 Å². The maximum Gasteiger partial charge on any atom is 0.409 e. The molecule has 0 saturated carbocycles. The molecule has 2 aromatic heterocycles. The van der Waals surface area contributed by atoms with Gasteiger partial charge < -0.3 is 14.2 Å². The molecule has 0 saturated heterocycles. The van der Waals surface area contributed by atoms with Crippen molar-refractivity contribution in [1.82, 2.24) is 19.4 Å². The Hall–Kier alpha value is -3.67. The summed E-state index contributed by atoms with van der Waals surface area (Å²) in [6.45, 7) is 3.38. The molecule has 1 aliphatic heterocycles. The second-order valence-electron chi connectivity index (χ2n) is 8.27. The van der Waals surface area contributed by atoms with Crippen molar-refractivity contribution in [2.24, 2.45) is 0 Å². The lowest BCUT2D eigenvalue weighted by atomic mass is 9.98. The van der Waals surface area contributed by atoms with Gasteiger partial charge in [-0.05, 0) is 49.1 Å². The SMILES string of the molecule is COC(=O)N1CCc2ccc3c(nc(-c4ccccn4)n3[C@@H](C)Cc3ccccc3)c2C1. The summed E-state index contributed by atoms with van der Waals surface area (Å²) in [5.41, 5.74) is 6.48. The molecular formula is C26H26N4O2. The highest BCUT2D eigenvalue weighted by Crippen LogP contribution is 2.34. The van der Waals surface area contributed by atoms with Crippen LogP contribution in [0.5, 0.6) is 0 Å². The third-order valence-corrected chi connectivity index (χ3v) is 6.21. The van der Waals surface area contributed by atoms with Crippen LogP contribution in [0, 0.1) is 0 Å². The van der Waals surface area contributed by atoms with Crippen LogP contribution in [-0.2, 0) is 24.1 Å². The summed E-state index contributed by atoms with van der Waals surface area (Å²) in [4.78, 5) is 23.6. The molecule has 0 radical (unpaired) electrons. The van der Waals surface area contributed by atoms with Crippen molar-refractivity contribution in [2.45, 2.75) is 32.4 Å². The van der Waals surface area contributed by atoms with E-state index in [0.29, 0.717) is 13.1 Å². The van der Waals surface area contributed by atoms with E-state index in [1.54, 1.807) is 11.1 Å². The molecule has 5 rings (SSSR count). The van der Waals surface area contributed by atoms with Gasteiger partial charge in [0.15, 0.2) is 5.82 Å². The van der Waals surface area contributed by atoms with Gasteiger partial charge in [0.1, 0.15) is 5.69 Å². The Morgan fingerprint density at radius 2 is 1.91 bits per heavy atom. The molecule has 0 N–H and O–H groups in total. The maximum absolute atomic E-state index is 12.2. The van der Waals surface area contributed by atoms with Gasteiger partial charge >= 0.3 is 6.09 Å². The molecule has 2 aromatic carbocycles. The highest BCUT2D eigenvalue weighted by molar-refractivity contribution is 5.85. The fourth-order valence-electron chi connectivity index (χ4n) is 4.65. The van der Waals surface area contributed by atoms with E-state index in [-0.39, 0.29) is 12.1 Å². The van der Waals surface area contributed by atoms with Gasteiger partial charge in [0.25, 0.3) is 0 Å². The average Bonchev–Trinajstić information content (AvgIpc) is 3.25. The number of nitrogens with zero attached hydrogens (tertiary/aromatic N) is 4. The van der Waals surface area contributed by atoms with Crippen molar-refractivity contribution in [3.05, 3.63) is 83.6 Å². The Morgan fingerprint density at radius 3 is 2.66 bits per heavy atom. The molecule has 4 aromatic rings. The summed E-state index contributed by atoms with van der Waals surface area (Å²) in [5.74, 6) is 0.854. The van der Waals surface area contributed by atoms with Crippen LogP contribution in [-0.4, -0.2) is 39.2 Å². The highest BCUT2D eigenvalue weighted by Gasteiger charge is 2.27. The van der Waals surface area contributed by atoms with Gasteiger partial charge in [-0.1, -0.05) is 42.5 Å². The zero-order chi connectivity index (χ0) is 22.1. The zero-order valence-corrected chi connectivity index (χ0v) is 18.4.